The predicted octanol–water partition coefficient (Wildman–Crippen LogP) is 0.727. The van der Waals surface area contributed by atoms with E-state index in [0.29, 0.717) is 6.42 Å². The molecule has 0 aromatic heterocycles. The zero-order valence-electron chi connectivity index (χ0n) is 10.3. The number of halogens is 2. The number of hydrogen-bond acceptors (Lipinski definition) is 4. The van der Waals surface area contributed by atoms with Crippen LogP contribution in [0.3, 0.4) is 0 Å². The zero-order valence-corrected chi connectivity index (χ0v) is 12.7. The van der Waals surface area contributed by atoms with E-state index in [4.69, 9.17) is 5.73 Å². The van der Waals surface area contributed by atoms with Gasteiger partial charge < -0.3 is 11.1 Å². The van der Waals surface area contributed by atoms with Crippen LogP contribution in [0.5, 0.6) is 0 Å². The number of nitrogens with one attached hydrogen (secondary N) is 2. The summed E-state index contributed by atoms with van der Waals surface area (Å²) >= 11 is 3.01. The van der Waals surface area contributed by atoms with Gasteiger partial charge in [-0.3, -0.25) is 4.79 Å². The van der Waals surface area contributed by atoms with E-state index in [1.54, 1.807) is 0 Å². The summed E-state index contributed by atoms with van der Waals surface area (Å²) in [6, 6.07) is 1.67. The molecule has 1 unspecified atom stereocenters. The smallest absolute Gasteiger partial charge is 0.242 e. The fraction of sp³-hybridized carbons (Fsp3) is 0.364. The summed E-state index contributed by atoms with van der Waals surface area (Å²) in [5.41, 5.74) is 5.15. The van der Waals surface area contributed by atoms with Crippen molar-refractivity contribution >= 4 is 37.5 Å². The van der Waals surface area contributed by atoms with Crippen molar-refractivity contribution in [2.24, 2.45) is 0 Å². The molecule has 2 rings (SSSR count). The molecular weight excluding hydrogens is 353 g/mol. The molecule has 1 fully saturated rings. The summed E-state index contributed by atoms with van der Waals surface area (Å²) in [7, 11) is -3.84. The Hall–Kier alpha value is -1.19. The van der Waals surface area contributed by atoms with Crippen molar-refractivity contribution in [1.29, 1.82) is 0 Å². The Kier molecular flexibility index (Phi) is 4.31. The monoisotopic (exact) mass is 365 g/mol. The maximum Gasteiger partial charge on any atom is 0.242 e. The van der Waals surface area contributed by atoms with Crippen molar-refractivity contribution in [1.82, 2.24) is 10.0 Å². The molecule has 20 heavy (non-hydrogen) atoms. The number of benzene rings is 1. The van der Waals surface area contributed by atoms with Gasteiger partial charge >= 0.3 is 0 Å². The molecule has 1 heterocycles. The van der Waals surface area contributed by atoms with E-state index in [9.17, 15) is 17.6 Å². The molecule has 1 aliphatic heterocycles. The molecule has 0 aliphatic carbocycles. The number of amides is 1. The van der Waals surface area contributed by atoms with Crippen LogP contribution in [0.4, 0.5) is 10.1 Å². The van der Waals surface area contributed by atoms with Gasteiger partial charge in [0.05, 0.1) is 10.6 Å². The maximum absolute atomic E-state index is 13.2. The topological polar surface area (TPSA) is 101 Å². The van der Waals surface area contributed by atoms with Crippen LogP contribution >= 0.6 is 15.9 Å². The molecule has 4 N–H and O–H groups in total. The molecule has 0 saturated carbocycles. The van der Waals surface area contributed by atoms with Gasteiger partial charge in [-0.2, -0.15) is 0 Å². The van der Waals surface area contributed by atoms with Gasteiger partial charge in [-0.25, -0.2) is 17.5 Å². The normalized spacial score (nSPS) is 19.7. The summed E-state index contributed by atoms with van der Waals surface area (Å²) in [5, 5.41) is 2.58. The largest absolute Gasteiger partial charge is 0.396 e. The molecule has 0 bridgehead atoms. The Morgan fingerprint density at radius 1 is 1.45 bits per heavy atom. The minimum atomic E-state index is -3.84. The lowest BCUT2D eigenvalue weighted by Crippen LogP contribution is -2.47. The van der Waals surface area contributed by atoms with Crippen LogP contribution in [0.15, 0.2) is 21.5 Å². The van der Waals surface area contributed by atoms with Crippen molar-refractivity contribution in [3.05, 3.63) is 22.4 Å². The second-order valence-electron chi connectivity index (χ2n) is 4.47. The molecule has 1 atom stereocenters. The second-order valence-corrected chi connectivity index (χ2v) is 7.00. The highest BCUT2D eigenvalue weighted by Gasteiger charge is 2.26. The Balaban J connectivity index is 2.22. The molecule has 1 aromatic rings. The molecule has 1 aromatic carbocycles. The summed E-state index contributed by atoms with van der Waals surface area (Å²) in [6.07, 6.45) is 0.680. The molecule has 0 spiro atoms. The highest BCUT2D eigenvalue weighted by molar-refractivity contribution is 9.10. The molecule has 1 amide bonds. The van der Waals surface area contributed by atoms with Gasteiger partial charge in [0.2, 0.25) is 15.9 Å². The average molecular weight is 366 g/mol. The summed E-state index contributed by atoms with van der Waals surface area (Å²) in [4.78, 5) is 10.9. The van der Waals surface area contributed by atoms with Crippen LogP contribution in [-0.4, -0.2) is 26.9 Å². The minimum Gasteiger partial charge on any atom is -0.396 e. The van der Waals surface area contributed by atoms with Gasteiger partial charge in [-0.05, 0) is 34.5 Å². The van der Waals surface area contributed by atoms with Crippen LogP contribution in [0.2, 0.25) is 0 Å². The van der Waals surface area contributed by atoms with Gasteiger partial charge in [-0.1, -0.05) is 0 Å². The number of carbonyl (C=O) groups is 1. The molecular formula is C11H13BrFN3O3S. The van der Waals surface area contributed by atoms with Gasteiger partial charge in [-0.15, -0.1) is 0 Å². The molecule has 1 saturated heterocycles. The van der Waals surface area contributed by atoms with Gasteiger partial charge in [0.1, 0.15) is 5.82 Å². The SMILES string of the molecule is Nc1cc(S(=O)(=O)NC2CCC(=O)NC2)c(Br)cc1F. The van der Waals surface area contributed by atoms with Crippen molar-refractivity contribution in [2.75, 3.05) is 12.3 Å². The Bertz CT molecular complexity index is 641. The van der Waals surface area contributed by atoms with E-state index in [1.807, 2.05) is 0 Å². The first kappa shape index (κ1) is 15.2. The van der Waals surface area contributed by atoms with E-state index >= 15 is 0 Å². The van der Waals surface area contributed by atoms with E-state index in [0.717, 1.165) is 12.1 Å². The quantitative estimate of drug-likeness (QED) is 0.687. The van der Waals surface area contributed by atoms with Crippen LogP contribution in [0.25, 0.3) is 0 Å². The van der Waals surface area contributed by atoms with Crippen LogP contribution in [0.1, 0.15) is 12.8 Å². The van der Waals surface area contributed by atoms with Crippen molar-refractivity contribution in [3.8, 4) is 0 Å². The Morgan fingerprint density at radius 3 is 2.75 bits per heavy atom. The Labute approximate surface area is 124 Å². The van der Waals surface area contributed by atoms with Gasteiger partial charge in [0.25, 0.3) is 0 Å². The lowest BCUT2D eigenvalue weighted by Gasteiger charge is -2.23. The Morgan fingerprint density at radius 2 is 2.15 bits per heavy atom. The summed E-state index contributed by atoms with van der Waals surface area (Å²) in [6.45, 7) is 0.229. The first-order valence-electron chi connectivity index (χ1n) is 5.83. The van der Waals surface area contributed by atoms with Gasteiger partial charge in [0.15, 0.2) is 0 Å². The third kappa shape index (κ3) is 3.28. The predicted molar refractivity (Wildman–Crippen MR) is 74.9 cm³/mol. The van der Waals surface area contributed by atoms with Crippen LogP contribution in [-0.2, 0) is 14.8 Å². The van der Waals surface area contributed by atoms with Crippen molar-refractivity contribution in [3.63, 3.8) is 0 Å². The molecule has 6 nitrogen and oxygen atoms in total. The maximum atomic E-state index is 13.2. The third-order valence-electron chi connectivity index (χ3n) is 2.93. The molecule has 110 valence electrons. The highest BCUT2D eigenvalue weighted by Crippen LogP contribution is 2.27. The third-order valence-corrected chi connectivity index (χ3v) is 5.41. The number of rotatable bonds is 3. The molecule has 9 heteroatoms. The summed E-state index contributed by atoms with van der Waals surface area (Å²) < 4.78 is 40.3. The number of sulfonamides is 1. The fourth-order valence-electron chi connectivity index (χ4n) is 1.87. The van der Waals surface area contributed by atoms with Crippen molar-refractivity contribution < 1.29 is 17.6 Å². The summed E-state index contributed by atoms with van der Waals surface area (Å²) in [5.74, 6) is -0.798. The lowest BCUT2D eigenvalue weighted by atomic mass is 10.1. The first-order chi connectivity index (χ1) is 9.29. The molecule has 1 aliphatic rings. The first-order valence-corrected chi connectivity index (χ1v) is 8.11. The zero-order chi connectivity index (χ0) is 14.9. The fourth-order valence-corrected chi connectivity index (χ4v) is 4.19. The number of nitrogen functional groups attached to an aromatic ring is 1. The number of nitrogens with two attached hydrogens (primary N) is 1. The number of piperidine rings is 1. The van der Waals surface area contributed by atoms with E-state index < -0.39 is 21.9 Å². The van der Waals surface area contributed by atoms with Crippen LogP contribution < -0.4 is 15.8 Å². The minimum absolute atomic E-state index is 0.0940. The molecule has 0 radical (unpaired) electrons. The van der Waals surface area contributed by atoms with Crippen LogP contribution in [0, 0.1) is 5.82 Å². The number of carbonyl (C=O) groups excluding carboxylic acids is 1. The van der Waals surface area contributed by atoms with E-state index in [2.05, 4.69) is 26.0 Å². The standard InChI is InChI=1S/C11H13BrFN3O3S/c12-7-3-8(13)9(14)4-10(7)20(18,19)16-6-1-2-11(17)15-5-6/h3-4,6,16H,1-2,5,14H2,(H,15,17). The number of hydrogen-bond donors (Lipinski definition) is 3. The van der Waals surface area contributed by atoms with Gasteiger partial charge in [0, 0.05) is 23.5 Å². The highest BCUT2D eigenvalue weighted by atomic mass is 79.9. The average Bonchev–Trinajstić information content (AvgIpc) is 2.36. The number of anilines is 1. The second kappa shape index (κ2) is 5.66. The lowest BCUT2D eigenvalue weighted by molar-refractivity contribution is -0.122. The van der Waals surface area contributed by atoms with E-state index in [1.165, 1.54) is 0 Å². The van der Waals surface area contributed by atoms with Crippen molar-refractivity contribution in [2.45, 2.75) is 23.8 Å². The van der Waals surface area contributed by atoms with E-state index in [-0.39, 0.29) is 33.9 Å².